The van der Waals surface area contributed by atoms with Gasteiger partial charge in [-0.2, -0.15) is 0 Å². The molecule has 64 heavy (non-hydrogen) atoms. The third-order valence-corrected chi connectivity index (χ3v) is 14.3. The Bertz CT molecular complexity index is 3490. The number of rotatable bonds is 5. The van der Waals surface area contributed by atoms with Crippen LogP contribution in [0.25, 0.3) is 55.3 Å². The number of benzene rings is 10. The van der Waals surface area contributed by atoms with Crippen LogP contribution in [0.4, 0.5) is 17.1 Å². The molecule has 2 heteroatoms. The molecule has 1 spiro atoms. The molecule has 0 amide bonds. The van der Waals surface area contributed by atoms with Crippen molar-refractivity contribution in [1.82, 2.24) is 0 Å². The summed E-state index contributed by atoms with van der Waals surface area (Å²) in [6.45, 7) is 4.71. The van der Waals surface area contributed by atoms with Crippen molar-refractivity contribution in [3.8, 4) is 56.0 Å². The SMILES string of the molecule is CC1(C)c2ccccc2-c2ccc(N(c3ccc(-c4ccccc4)cc3)c3ccc(-c4ccc5c(c4)C4(c6ccccc6Oc6c4ccc4ccccc64)c4ccccc4-5)cc3)cc21. The Hall–Kier alpha value is -7.94. The Balaban J connectivity index is 0.952. The van der Waals surface area contributed by atoms with Gasteiger partial charge in [0.1, 0.15) is 11.5 Å². The van der Waals surface area contributed by atoms with Crippen molar-refractivity contribution in [2.24, 2.45) is 0 Å². The monoisotopic (exact) mass is 817 g/mol. The van der Waals surface area contributed by atoms with Crippen molar-refractivity contribution < 1.29 is 4.74 Å². The van der Waals surface area contributed by atoms with Crippen molar-refractivity contribution in [1.29, 1.82) is 0 Å². The Morgan fingerprint density at radius 2 is 0.875 bits per heavy atom. The van der Waals surface area contributed by atoms with Crippen LogP contribution in [-0.2, 0) is 10.8 Å². The lowest BCUT2D eigenvalue weighted by atomic mass is 9.65. The maximum atomic E-state index is 6.91. The highest BCUT2D eigenvalue weighted by molar-refractivity contribution is 5.96. The van der Waals surface area contributed by atoms with Crippen LogP contribution < -0.4 is 9.64 Å². The zero-order valence-electron chi connectivity index (χ0n) is 35.7. The summed E-state index contributed by atoms with van der Waals surface area (Å²) >= 11 is 0. The smallest absolute Gasteiger partial charge is 0.140 e. The largest absolute Gasteiger partial charge is 0.456 e. The molecule has 2 aliphatic carbocycles. The van der Waals surface area contributed by atoms with Crippen LogP contribution in [0.1, 0.15) is 47.2 Å². The topological polar surface area (TPSA) is 12.5 Å². The molecule has 0 bridgehead atoms. The van der Waals surface area contributed by atoms with Gasteiger partial charge in [-0.3, -0.25) is 0 Å². The van der Waals surface area contributed by atoms with Gasteiger partial charge in [0.15, 0.2) is 0 Å². The van der Waals surface area contributed by atoms with Gasteiger partial charge in [0.2, 0.25) is 0 Å². The van der Waals surface area contributed by atoms with E-state index in [1.165, 1.54) is 83.3 Å². The molecule has 0 radical (unpaired) electrons. The lowest BCUT2D eigenvalue weighted by molar-refractivity contribution is 0.442. The lowest BCUT2D eigenvalue weighted by Crippen LogP contribution is -2.32. The van der Waals surface area contributed by atoms with Crippen molar-refractivity contribution in [3.05, 3.63) is 258 Å². The second-order valence-corrected chi connectivity index (χ2v) is 18.0. The van der Waals surface area contributed by atoms with E-state index in [2.05, 4.69) is 243 Å². The fraction of sp³-hybridized carbons (Fsp3) is 0.0645. The van der Waals surface area contributed by atoms with Crippen LogP contribution in [0, 0.1) is 0 Å². The van der Waals surface area contributed by atoms with Crippen LogP contribution in [0.2, 0.25) is 0 Å². The maximum Gasteiger partial charge on any atom is 0.140 e. The molecule has 0 fully saturated rings. The Morgan fingerprint density at radius 3 is 1.64 bits per heavy atom. The van der Waals surface area contributed by atoms with Crippen LogP contribution in [0.3, 0.4) is 0 Å². The molecular weight excluding hydrogens is 775 g/mol. The fourth-order valence-electron chi connectivity index (χ4n) is 11.3. The van der Waals surface area contributed by atoms with Gasteiger partial charge in [0, 0.05) is 39.0 Å². The molecule has 1 unspecified atom stereocenters. The first-order valence-corrected chi connectivity index (χ1v) is 22.3. The van der Waals surface area contributed by atoms with E-state index in [-0.39, 0.29) is 5.41 Å². The second kappa shape index (κ2) is 13.8. The minimum Gasteiger partial charge on any atom is -0.456 e. The number of hydrogen-bond donors (Lipinski definition) is 0. The molecule has 0 aromatic heterocycles. The molecule has 302 valence electrons. The molecule has 2 nitrogen and oxygen atoms in total. The highest BCUT2D eigenvalue weighted by Crippen LogP contribution is 2.63. The van der Waals surface area contributed by atoms with Crippen molar-refractivity contribution in [2.75, 3.05) is 4.90 Å². The lowest BCUT2D eigenvalue weighted by Gasteiger charge is -2.40. The molecule has 3 aliphatic rings. The minimum atomic E-state index is -0.556. The molecule has 0 N–H and O–H groups in total. The van der Waals surface area contributed by atoms with Crippen LogP contribution in [0.5, 0.6) is 11.5 Å². The second-order valence-electron chi connectivity index (χ2n) is 18.0. The van der Waals surface area contributed by atoms with E-state index in [1.54, 1.807) is 0 Å². The molecule has 10 aromatic carbocycles. The first-order chi connectivity index (χ1) is 31.5. The first kappa shape index (κ1) is 36.7. The van der Waals surface area contributed by atoms with Gasteiger partial charge >= 0.3 is 0 Å². The molecule has 0 saturated heterocycles. The number of anilines is 3. The van der Waals surface area contributed by atoms with Crippen molar-refractivity contribution >= 4 is 27.8 Å². The van der Waals surface area contributed by atoms with E-state index in [0.29, 0.717) is 0 Å². The van der Waals surface area contributed by atoms with Crippen LogP contribution in [-0.4, -0.2) is 0 Å². The summed E-state index contributed by atoms with van der Waals surface area (Å²) in [6, 6.07) is 82.6. The first-order valence-electron chi connectivity index (χ1n) is 22.3. The molecule has 1 atom stereocenters. The molecule has 1 heterocycles. The highest BCUT2D eigenvalue weighted by atomic mass is 16.5. The number of nitrogens with zero attached hydrogens (tertiary/aromatic N) is 1. The van der Waals surface area contributed by atoms with E-state index in [4.69, 9.17) is 4.74 Å². The summed E-state index contributed by atoms with van der Waals surface area (Å²) in [7, 11) is 0. The average molecular weight is 818 g/mol. The van der Waals surface area contributed by atoms with E-state index in [9.17, 15) is 0 Å². The third-order valence-electron chi connectivity index (χ3n) is 14.3. The van der Waals surface area contributed by atoms with Gasteiger partial charge in [-0.15, -0.1) is 0 Å². The summed E-state index contributed by atoms with van der Waals surface area (Å²) in [5.41, 5.74) is 20.3. The fourth-order valence-corrected chi connectivity index (χ4v) is 11.3. The third kappa shape index (κ3) is 5.20. The predicted octanol–water partition coefficient (Wildman–Crippen LogP) is 16.4. The zero-order valence-corrected chi connectivity index (χ0v) is 35.7. The number of ether oxygens (including phenoxy) is 1. The van der Waals surface area contributed by atoms with Gasteiger partial charge < -0.3 is 9.64 Å². The zero-order chi connectivity index (χ0) is 42.6. The summed E-state index contributed by atoms with van der Waals surface area (Å²) in [6.07, 6.45) is 0. The summed E-state index contributed by atoms with van der Waals surface area (Å²) in [5.74, 6) is 1.84. The van der Waals surface area contributed by atoms with Gasteiger partial charge in [-0.1, -0.05) is 190 Å². The number of para-hydroxylation sites is 1. The quantitative estimate of drug-likeness (QED) is 0.172. The molecule has 10 aromatic rings. The predicted molar refractivity (Wildman–Crippen MR) is 264 cm³/mol. The van der Waals surface area contributed by atoms with Gasteiger partial charge in [-0.05, 0) is 121 Å². The Kier molecular flexibility index (Phi) is 7.90. The van der Waals surface area contributed by atoms with Gasteiger partial charge in [-0.25, -0.2) is 0 Å². The molecular formula is C62H43NO. The van der Waals surface area contributed by atoms with Gasteiger partial charge in [0.25, 0.3) is 0 Å². The molecule has 0 saturated carbocycles. The van der Waals surface area contributed by atoms with E-state index in [0.717, 1.165) is 33.9 Å². The van der Waals surface area contributed by atoms with Crippen LogP contribution >= 0.6 is 0 Å². The summed E-state index contributed by atoms with van der Waals surface area (Å²) in [4.78, 5) is 2.41. The number of hydrogen-bond acceptors (Lipinski definition) is 2. The molecule has 13 rings (SSSR count). The highest BCUT2D eigenvalue weighted by Gasteiger charge is 2.51. The standard InChI is InChI=1S/C62H43NO/c1-61(2)53-20-10-8-18-49(53)51-36-34-47(39-57(51)61)63(45-30-24-41(25-31-45)40-14-4-3-5-15-40)46-32-26-42(27-33-46)44-28-35-52-50-19-9-11-21-54(50)62(58(52)38-44)55-22-12-13-23-59(55)64-60-48-17-7-6-16-43(48)29-37-56(60)62/h3-39H,1-2H3. The van der Waals surface area contributed by atoms with Crippen LogP contribution in [0.15, 0.2) is 224 Å². The Morgan fingerprint density at radius 1 is 0.344 bits per heavy atom. The van der Waals surface area contributed by atoms with Crippen molar-refractivity contribution in [3.63, 3.8) is 0 Å². The molecule has 1 aliphatic heterocycles. The van der Waals surface area contributed by atoms with Gasteiger partial charge in [0.05, 0.1) is 5.41 Å². The Labute approximate surface area is 374 Å². The van der Waals surface area contributed by atoms with E-state index in [1.807, 2.05) is 0 Å². The maximum absolute atomic E-state index is 6.91. The minimum absolute atomic E-state index is 0.113. The normalized spacial score (nSPS) is 15.7. The average Bonchev–Trinajstić information content (AvgIpc) is 3.77. The van der Waals surface area contributed by atoms with Crippen molar-refractivity contribution in [2.45, 2.75) is 24.7 Å². The number of fused-ring (bicyclic) bond motifs is 14. The van der Waals surface area contributed by atoms with E-state index >= 15 is 0 Å². The summed E-state index contributed by atoms with van der Waals surface area (Å²) in [5, 5.41) is 2.30. The van der Waals surface area contributed by atoms with E-state index < -0.39 is 5.41 Å². The summed E-state index contributed by atoms with van der Waals surface area (Å²) < 4.78 is 6.91.